The molecule has 2 aromatic heterocycles. The summed E-state index contributed by atoms with van der Waals surface area (Å²) >= 11 is 12.7. The van der Waals surface area contributed by atoms with Crippen molar-refractivity contribution >= 4 is 50.8 Å². The molecule has 0 bridgehead atoms. The lowest BCUT2D eigenvalue weighted by Gasteiger charge is -2.40. The number of hydrogen-bond donors (Lipinski definition) is 2. The molecule has 3 amide bonds. The van der Waals surface area contributed by atoms with E-state index in [1.54, 1.807) is 44.2 Å². The lowest BCUT2D eigenvalue weighted by Crippen LogP contribution is -2.63. The first-order chi connectivity index (χ1) is 21.2. The van der Waals surface area contributed by atoms with Crippen molar-refractivity contribution < 1.29 is 27.5 Å². The van der Waals surface area contributed by atoms with Crippen molar-refractivity contribution in [1.29, 1.82) is 0 Å². The zero-order chi connectivity index (χ0) is 32.4. The van der Waals surface area contributed by atoms with Crippen LogP contribution in [0.1, 0.15) is 40.3 Å². The van der Waals surface area contributed by atoms with Crippen LogP contribution >= 0.6 is 23.2 Å². The van der Waals surface area contributed by atoms with Crippen molar-refractivity contribution in [2.75, 3.05) is 20.2 Å². The molecule has 0 aliphatic carbocycles. The highest BCUT2D eigenvalue weighted by Gasteiger charge is 2.45. The number of carbonyl (C=O) groups is 3. The first-order valence-corrected chi connectivity index (χ1v) is 16.0. The molecule has 4 aromatic rings. The lowest BCUT2D eigenvalue weighted by molar-refractivity contribution is -0.133. The predicted molar refractivity (Wildman–Crippen MR) is 166 cm³/mol. The molecular weight excluding hydrogens is 643 g/mol. The maximum atomic E-state index is 14.2. The molecule has 45 heavy (non-hydrogen) atoms. The Labute approximate surface area is 268 Å². The summed E-state index contributed by atoms with van der Waals surface area (Å²) in [4.78, 5) is 44.0. The number of piperazine rings is 1. The average Bonchev–Trinajstić information content (AvgIpc) is 3.39. The van der Waals surface area contributed by atoms with Gasteiger partial charge in [-0.15, -0.1) is 0 Å². The summed E-state index contributed by atoms with van der Waals surface area (Å²) in [5.41, 5.74) is 6.21. The molecule has 2 aliphatic rings. The van der Waals surface area contributed by atoms with E-state index in [4.69, 9.17) is 33.7 Å². The Morgan fingerprint density at radius 2 is 1.76 bits per heavy atom. The SMILES string of the molecule is COc1cc2c(cc1-c1cncc(C(N)=O)c1)-c1c(c(C(=O)N3CCNC(=O)C3(C)C)nn1-c1cc(Cl)cc(Cl)c1)S(=O)(=O)C2. The first-order valence-electron chi connectivity index (χ1n) is 13.6. The summed E-state index contributed by atoms with van der Waals surface area (Å²) in [5, 5.41) is 7.83. The minimum atomic E-state index is -4.17. The maximum absolute atomic E-state index is 14.2. The molecule has 0 radical (unpaired) electrons. The number of carbonyl (C=O) groups excluding carboxylic acids is 3. The standard InChI is InChI=1S/C30H26Cl2N6O6S/c1-30(2)29(41)35-4-5-37(30)28(40)24-26-25(38(36-24)20-9-18(31)8-19(32)10-20)22-11-21(15-6-16(27(33)39)13-34-12-15)23(44-3)7-17(22)14-45(26,42)43/h6-13H,4-5,14H2,1-3H3,(H2,33,39)(H,35,41). The van der Waals surface area contributed by atoms with Crippen LogP contribution in [0.2, 0.25) is 10.0 Å². The smallest absolute Gasteiger partial charge is 0.276 e. The Bertz CT molecular complexity index is 2040. The Morgan fingerprint density at radius 1 is 1.04 bits per heavy atom. The molecule has 6 rings (SSSR count). The highest BCUT2D eigenvalue weighted by Crippen LogP contribution is 2.46. The van der Waals surface area contributed by atoms with E-state index >= 15 is 0 Å². The second-order valence-corrected chi connectivity index (χ2v) is 13.9. The van der Waals surface area contributed by atoms with Crippen LogP contribution in [-0.2, 0) is 20.4 Å². The minimum Gasteiger partial charge on any atom is -0.496 e. The molecule has 1 saturated heterocycles. The summed E-state index contributed by atoms with van der Waals surface area (Å²) in [6.45, 7) is 3.49. The van der Waals surface area contributed by atoms with Crippen LogP contribution < -0.4 is 15.8 Å². The largest absolute Gasteiger partial charge is 0.496 e. The van der Waals surface area contributed by atoms with E-state index < -0.39 is 32.9 Å². The van der Waals surface area contributed by atoms with Crippen LogP contribution in [0.5, 0.6) is 5.75 Å². The molecule has 0 spiro atoms. The van der Waals surface area contributed by atoms with Crippen molar-refractivity contribution in [3.05, 3.63) is 75.7 Å². The lowest BCUT2D eigenvalue weighted by atomic mass is 9.95. The second kappa shape index (κ2) is 10.9. The highest BCUT2D eigenvalue weighted by molar-refractivity contribution is 7.91. The quantitative estimate of drug-likeness (QED) is 0.325. The number of primary amides is 1. The normalized spacial score (nSPS) is 16.4. The Hall–Kier alpha value is -4.46. The van der Waals surface area contributed by atoms with Gasteiger partial charge < -0.3 is 20.7 Å². The number of nitrogens with one attached hydrogen (secondary N) is 1. The van der Waals surface area contributed by atoms with E-state index in [1.165, 1.54) is 35.2 Å². The Morgan fingerprint density at radius 3 is 2.42 bits per heavy atom. The number of benzene rings is 2. The van der Waals surface area contributed by atoms with Crippen LogP contribution in [0.3, 0.4) is 0 Å². The Kier molecular flexibility index (Phi) is 7.38. The number of nitrogens with two attached hydrogens (primary N) is 1. The molecule has 232 valence electrons. The van der Waals surface area contributed by atoms with Gasteiger partial charge in [-0.25, -0.2) is 13.1 Å². The third kappa shape index (κ3) is 5.10. The summed E-state index contributed by atoms with van der Waals surface area (Å²) in [5.74, 6) is -1.92. The average molecular weight is 670 g/mol. The fourth-order valence-electron chi connectivity index (χ4n) is 5.66. The van der Waals surface area contributed by atoms with Gasteiger partial charge in [0.25, 0.3) is 5.91 Å². The highest BCUT2D eigenvalue weighted by atomic mass is 35.5. The number of aromatic nitrogens is 3. The topological polar surface area (TPSA) is 167 Å². The molecular formula is C30H26Cl2N6O6S. The third-order valence-corrected chi connectivity index (χ3v) is 10.0. The number of nitrogens with zero attached hydrogens (tertiary/aromatic N) is 4. The van der Waals surface area contributed by atoms with Gasteiger partial charge in [-0.2, -0.15) is 5.10 Å². The molecule has 2 aromatic carbocycles. The van der Waals surface area contributed by atoms with E-state index in [0.29, 0.717) is 33.7 Å². The third-order valence-electron chi connectivity index (χ3n) is 7.90. The van der Waals surface area contributed by atoms with E-state index in [2.05, 4.69) is 15.4 Å². The van der Waals surface area contributed by atoms with Crippen LogP contribution in [0.25, 0.3) is 28.1 Å². The zero-order valence-corrected chi connectivity index (χ0v) is 26.5. The number of hydrogen-bond acceptors (Lipinski definition) is 8. The van der Waals surface area contributed by atoms with Gasteiger partial charge >= 0.3 is 0 Å². The van der Waals surface area contributed by atoms with Crippen LogP contribution in [-0.4, -0.2) is 71.5 Å². The van der Waals surface area contributed by atoms with Crippen molar-refractivity contribution in [3.8, 4) is 33.8 Å². The summed E-state index contributed by atoms with van der Waals surface area (Å²) in [7, 11) is -2.74. The number of halogens is 2. The van der Waals surface area contributed by atoms with Crippen LogP contribution in [0.15, 0.2) is 53.7 Å². The van der Waals surface area contributed by atoms with Gasteiger partial charge in [-0.1, -0.05) is 23.2 Å². The molecule has 4 heterocycles. The number of fused-ring (bicyclic) bond motifs is 3. The fourth-order valence-corrected chi connectivity index (χ4v) is 7.88. The molecule has 1 fully saturated rings. The van der Waals surface area contributed by atoms with Gasteiger partial charge in [0.05, 0.1) is 29.8 Å². The van der Waals surface area contributed by atoms with Crippen LogP contribution in [0.4, 0.5) is 0 Å². The van der Waals surface area contributed by atoms with Gasteiger partial charge in [-0.05, 0) is 55.8 Å². The molecule has 0 unspecified atom stereocenters. The minimum absolute atomic E-state index is 0.0973. The Balaban J connectivity index is 1.67. The van der Waals surface area contributed by atoms with Crippen molar-refractivity contribution in [1.82, 2.24) is 25.0 Å². The van der Waals surface area contributed by atoms with E-state index in [1.807, 2.05) is 0 Å². The van der Waals surface area contributed by atoms with Gasteiger partial charge in [0.2, 0.25) is 11.8 Å². The monoisotopic (exact) mass is 668 g/mol. The predicted octanol–water partition coefficient (Wildman–Crippen LogP) is 3.65. The van der Waals surface area contributed by atoms with Crippen LogP contribution in [0, 0.1) is 0 Å². The number of amides is 3. The summed E-state index contributed by atoms with van der Waals surface area (Å²) < 4.78 is 35.1. The molecule has 2 aliphatic heterocycles. The molecule has 0 saturated carbocycles. The van der Waals surface area contributed by atoms with Crippen molar-refractivity contribution in [2.45, 2.75) is 30.0 Å². The molecule has 3 N–H and O–H groups in total. The maximum Gasteiger partial charge on any atom is 0.276 e. The molecule has 0 atom stereocenters. The summed E-state index contributed by atoms with van der Waals surface area (Å²) in [6, 6.07) is 9.42. The van der Waals surface area contributed by atoms with E-state index in [0.717, 1.165) is 0 Å². The number of ether oxygens (including phenoxy) is 1. The number of methoxy groups -OCH3 is 1. The van der Waals surface area contributed by atoms with Crippen molar-refractivity contribution in [2.24, 2.45) is 5.73 Å². The molecule has 15 heteroatoms. The fraction of sp³-hybridized carbons (Fsp3) is 0.233. The number of rotatable bonds is 5. The molecule has 12 nitrogen and oxygen atoms in total. The van der Waals surface area contributed by atoms with Gasteiger partial charge in [-0.3, -0.25) is 19.4 Å². The van der Waals surface area contributed by atoms with Crippen molar-refractivity contribution in [3.63, 3.8) is 0 Å². The first kappa shape index (κ1) is 30.6. The zero-order valence-electron chi connectivity index (χ0n) is 24.2. The number of sulfone groups is 1. The van der Waals surface area contributed by atoms with Gasteiger partial charge in [0.1, 0.15) is 16.2 Å². The van der Waals surface area contributed by atoms with E-state index in [-0.39, 0.29) is 50.9 Å². The van der Waals surface area contributed by atoms with Gasteiger partial charge in [0, 0.05) is 52.2 Å². The summed E-state index contributed by atoms with van der Waals surface area (Å²) in [6.07, 6.45) is 2.85. The van der Waals surface area contributed by atoms with Gasteiger partial charge in [0.15, 0.2) is 15.5 Å². The van der Waals surface area contributed by atoms with E-state index in [9.17, 15) is 22.8 Å². The number of pyridine rings is 1. The second-order valence-electron chi connectivity index (χ2n) is 11.1.